The average molecular weight is 248 g/mol. The van der Waals surface area contributed by atoms with Gasteiger partial charge in [-0.3, -0.25) is 10.1 Å². The molecule has 0 unspecified atom stereocenters. The zero-order chi connectivity index (χ0) is 13.3. The summed E-state index contributed by atoms with van der Waals surface area (Å²) in [5.74, 6) is -0.747. The van der Waals surface area contributed by atoms with E-state index in [4.69, 9.17) is 5.11 Å². The minimum absolute atomic E-state index is 0.0837. The first-order valence-corrected chi connectivity index (χ1v) is 4.89. The third-order valence-electron chi connectivity index (χ3n) is 2.32. The van der Waals surface area contributed by atoms with Crippen molar-refractivity contribution in [2.24, 2.45) is 0 Å². The van der Waals surface area contributed by atoms with E-state index in [1.807, 2.05) is 0 Å². The molecule has 0 spiro atoms. The highest BCUT2D eigenvalue weighted by Gasteiger charge is 2.13. The molecule has 0 atom stereocenters. The van der Waals surface area contributed by atoms with Gasteiger partial charge in [0, 0.05) is 0 Å². The second-order valence-corrected chi connectivity index (χ2v) is 3.51. The number of aromatic nitrogens is 3. The van der Waals surface area contributed by atoms with Gasteiger partial charge in [-0.25, -0.2) is 14.5 Å². The Kier molecular flexibility index (Phi) is 2.76. The van der Waals surface area contributed by atoms with Crippen LogP contribution in [-0.4, -0.2) is 30.8 Å². The molecule has 8 nitrogen and oxygen atoms in total. The van der Waals surface area contributed by atoms with Gasteiger partial charge in [0.1, 0.15) is 12.4 Å². The highest BCUT2D eigenvalue weighted by Crippen LogP contribution is 2.14. The molecule has 1 N–H and O–H groups in total. The number of aryl methyl sites for hydroxylation is 1. The maximum absolute atomic E-state index is 10.8. The van der Waals surface area contributed by atoms with Gasteiger partial charge in [-0.1, -0.05) is 0 Å². The van der Waals surface area contributed by atoms with E-state index in [1.54, 1.807) is 6.92 Å². The molecule has 0 aliphatic carbocycles. The van der Waals surface area contributed by atoms with E-state index in [2.05, 4.69) is 10.1 Å². The smallest absolute Gasteiger partial charge is 0.337 e. The third kappa shape index (κ3) is 2.03. The van der Waals surface area contributed by atoms with Crippen molar-refractivity contribution in [1.82, 2.24) is 14.8 Å². The van der Waals surface area contributed by atoms with Gasteiger partial charge in [0.05, 0.1) is 16.2 Å². The molecular formula is C10H8N4O4. The van der Waals surface area contributed by atoms with Crippen LogP contribution in [0.5, 0.6) is 0 Å². The van der Waals surface area contributed by atoms with Crippen molar-refractivity contribution in [2.45, 2.75) is 6.92 Å². The van der Waals surface area contributed by atoms with Gasteiger partial charge >= 0.3 is 11.7 Å². The van der Waals surface area contributed by atoms with Crippen LogP contribution in [0.1, 0.15) is 16.1 Å². The van der Waals surface area contributed by atoms with Crippen LogP contribution in [0.15, 0.2) is 24.5 Å². The number of hydrogen-bond acceptors (Lipinski definition) is 5. The molecule has 0 aliphatic rings. The van der Waals surface area contributed by atoms with Crippen molar-refractivity contribution >= 4 is 11.7 Å². The van der Waals surface area contributed by atoms with Crippen molar-refractivity contribution < 1.29 is 14.8 Å². The summed E-state index contributed by atoms with van der Waals surface area (Å²) in [7, 11) is 0. The molecule has 0 saturated carbocycles. The van der Waals surface area contributed by atoms with Crippen molar-refractivity contribution in [2.75, 3.05) is 0 Å². The highest BCUT2D eigenvalue weighted by atomic mass is 16.6. The van der Waals surface area contributed by atoms with Crippen LogP contribution in [-0.2, 0) is 0 Å². The molecule has 0 radical (unpaired) electrons. The second-order valence-electron chi connectivity index (χ2n) is 3.51. The first kappa shape index (κ1) is 11.7. The van der Waals surface area contributed by atoms with E-state index in [-0.39, 0.29) is 11.3 Å². The molecule has 2 heterocycles. The van der Waals surface area contributed by atoms with Crippen LogP contribution < -0.4 is 0 Å². The number of aromatic carboxylic acids is 1. The molecule has 0 aliphatic heterocycles. The van der Waals surface area contributed by atoms with Gasteiger partial charge in [-0.2, -0.15) is 5.10 Å². The predicted molar refractivity (Wildman–Crippen MR) is 59.7 cm³/mol. The van der Waals surface area contributed by atoms with Gasteiger partial charge in [-0.15, -0.1) is 0 Å². The summed E-state index contributed by atoms with van der Waals surface area (Å²) in [6.45, 7) is 1.55. The molecule has 2 rings (SSSR count). The summed E-state index contributed by atoms with van der Waals surface area (Å²) >= 11 is 0. The first-order chi connectivity index (χ1) is 8.49. The second kappa shape index (κ2) is 4.24. The lowest BCUT2D eigenvalue weighted by Crippen LogP contribution is -2.05. The molecule has 0 saturated heterocycles. The number of nitrogens with zero attached hydrogens (tertiary/aromatic N) is 4. The third-order valence-corrected chi connectivity index (χ3v) is 2.32. The quantitative estimate of drug-likeness (QED) is 0.644. The number of carboxylic acids is 1. The minimum Gasteiger partial charge on any atom is -0.478 e. The largest absolute Gasteiger partial charge is 0.478 e. The van der Waals surface area contributed by atoms with Crippen LogP contribution >= 0.6 is 0 Å². The Balaban J connectivity index is 2.42. The Labute approximate surface area is 101 Å². The molecule has 0 amide bonds. The van der Waals surface area contributed by atoms with Gasteiger partial charge in [0.15, 0.2) is 5.82 Å². The minimum atomic E-state index is -1.07. The molecule has 2 aromatic heterocycles. The van der Waals surface area contributed by atoms with Crippen molar-refractivity contribution in [1.29, 1.82) is 0 Å². The number of pyridine rings is 1. The lowest BCUT2D eigenvalue weighted by atomic mass is 10.2. The van der Waals surface area contributed by atoms with E-state index in [9.17, 15) is 14.9 Å². The van der Waals surface area contributed by atoms with Gasteiger partial charge < -0.3 is 5.11 Å². The SMILES string of the molecule is Cc1nc(-n2cc([N+](=O)[O-])cn2)ccc1C(=O)O. The standard InChI is InChI=1S/C10H8N4O4/c1-6-8(10(15)16)2-3-9(12-6)13-5-7(4-11-13)14(17)18/h2-5H,1H3,(H,15,16). The number of nitro groups is 1. The maximum atomic E-state index is 10.8. The Morgan fingerprint density at radius 3 is 2.72 bits per heavy atom. The number of carboxylic acid groups (broad SMARTS) is 1. The summed E-state index contributed by atoms with van der Waals surface area (Å²) in [6, 6.07) is 2.82. The number of carbonyl (C=O) groups is 1. The molecule has 0 bridgehead atoms. The number of hydrogen-bond donors (Lipinski definition) is 1. The zero-order valence-corrected chi connectivity index (χ0v) is 9.27. The molecule has 2 aromatic rings. The van der Waals surface area contributed by atoms with Crippen LogP contribution in [0, 0.1) is 17.0 Å². The predicted octanol–water partition coefficient (Wildman–Crippen LogP) is 1.18. The summed E-state index contributed by atoms with van der Waals surface area (Å²) in [5, 5.41) is 23.2. The van der Waals surface area contributed by atoms with Crippen LogP contribution in [0.25, 0.3) is 5.82 Å². The van der Waals surface area contributed by atoms with Crippen molar-refractivity contribution in [3.63, 3.8) is 0 Å². The highest BCUT2D eigenvalue weighted by molar-refractivity contribution is 5.88. The summed E-state index contributed by atoms with van der Waals surface area (Å²) in [4.78, 5) is 24.8. The van der Waals surface area contributed by atoms with Crippen LogP contribution in [0.2, 0.25) is 0 Å². The van der Waals surface area contributed by atoms with E-state index in [0.29, 0.717) is 11.5 Å². The molecule has 92 valence electrons. The van der Waals surface area contributed by atoms with Gasteiger partial charge in [0.25, 0.3) is 0 Å². The Morgan fingerprint density at radius 2 is 2.22 bits per heavy atom. The van der Waals surface area contributed by atoms with Crippen LogP contribution in [0.4, 0.5) is 5.69 Å². The van der Waals surface area contributed by atoms with Crippen LogP contribution in [0.3, 0.4) is 0 Å². The zero-order valence-electron chi connectivity index (χ0n) is 9.27. The average Bonchev–Trinajstić information content (AvgIpc) is 2.77. The van der Waals surface area contributed by atoms with E-state index in [1.165, 1.54) is 23.0 Å². The normalized spacial score (nSPS) is 10.3. The van der Waals surface area contributed by atoms with Crippen molar-refractivity contribution in [3.8, 4) is 5.82 Å². The molecular weight excluding hydrogens is 240 g/mol. The van der Waals surface area contributed by atoms with Gasteiger partial charge in [-0.05, 0) is 19.1 Å². The Bertz CT molecular complexity index is 635. The fraction of sp³-hybridized carbons (Fsp3) is 0.100. The molecule has 0 fully saturated rings. The van der Waals surface area contributed by atoms with Gasteiger partial charge in [0.2, 0.25) is 0 Å². The first-order valence-electron chi connectivity index (χ1n) is 4.89. The molecule has 8 heteroatoms. The van der Waals surface area contributed by atoms with E-state index in [0.717, 1.165) is 6.20 Å². The Hall–Kier alpha value is -2.77. The fourth-order valence-electron chi connectivity index (χ4n) is 1.43. The molecule has 18 heavy (non-hydrogen) atoms. The van der Waals surface area contributed by atoms with E-state index >= 15 is 0 Å². The monoisotopic (exact) mass is 248 g/mol. The topological polar surface area (TPSA) is 111 Å². The van der Waals surface area contributed by atoms with Crippen molar-refractivity contribution in [3.05, 3.63) is 45.9 Å². The lowest BCUT2D eigenvalue weighted by molar-refractivity contribution is -0.384. The summed E-state index contributed by atoms with van der Waals surface area (Å²) in [5.41, 5.74) is 0.246. The Morgan fingerprint density at radius 1 is 1.50 bits per heavy atom. The fourth-order valence-corrected chi connectivity index (χ4v) is 1.43. The number of rotatable bonds is 3. The molecule has 0 aromatic carbocycles. The summed E-state index contributed by atoms with van der Waals surface area (Å²) < 4.78 is 1.22. The summed E-state index contributed by atoms with van der Waals surface area (Å²) in [6.07, 6.45) is 2.31. The van der Waals surface area contributed by atoms with E-state index < -0.39 is 10.9 Å². The maximum Gasteiger partial charge on any atom is 0.337 e. The lowest BCUT2D eigenvalue weighted by Gasteiger charge is -2.03.